The fraction of sp³-hybridized carbons (Fsp3) is 0.538. The van der Waals surface area contributed by atoms with E-state index in [1.807, 2.05) is 4.90 Å². The molecule has 2 rings (SSSR count). The average Bonchev–Trinajstić information content (AvgIpc) is 2.46. The third-order valence-corrected chi connectivity index (χ3v) is 3.71. The van der Waals surface area contributed by atoms with Crippen molar-refractivity contribution >= 4 is 23.2 Å². The normalized spacial score (nSPS) is 15.8. The minimum atomic E-state index is -0.419. The predicted octanol–water partition coefficient (Wildman–Crippen LogP) is 1.12. The number of carbonyl (C=O) groups is 1. The first kappa shape index (κ1) is 15.0. The van der Waals surface area contributed by atoms with Crippen LogP contribution in [-0.2, 0) is 4.79 Å². The van der Waals surface area contributed by atoms with Crippen LogP contribution >= 0.6 is 0 Å². The lowest BCUT2D eigenvalue weighted by atomic mass is 9.93. The molecule has 1 saturated heterocycles. The second-order valence-corrected chi connectivity index (χ2v) is 5.15. The van der Waals surface area contributed by atoms with E-state index < -0.39 is 4.92 Å². The van der Waals surface area contributed by atoms with E-state index >= 15 is 0 Å². The van der Waals surface area contributed by atoms with E-state index in [1.54, 1.807) is 13.1 Å². The van der Waals surface area contributed by atoms with E-state index in [-0.39, 0.29) is 17.5 Å². The SMILES string of the molecule is CNc1ccc([N+](=O)[O-])c(N2CCC(CC(N)=O)CC2)n1. The van der Waals surface area contributed by atoms with Gasteiger partial charge in [0.1, 0.15) is 5.82 Å². The van der Waals surface area contributed by atoms with Gasteiger partial charge in [-0.05, 0) is 24.8 Å². The van der Waals surface area contributed by atoms with Crippen molar-refractivity contribution in [2.24, 2.45) is 11.7 Å². The fourth-order valence-electron chi connectivity index (χ4n) is 2.59. The minimum absolute atomic E-state index is 0.00218. The highest BCUT2D eigenvalue weighted by Crippen LogP contribution is 2.31. The number of nitro groups is 1. The maximum atomic E-state index is 11.1. The molecule has 0 atom stereocenters. The van der Waals surface area contributed by atoms with E-state index in [2.05, 4.69) is 10.3 Å². The number of carbonyl (C=O) groups excluding carboxylic acids is 1. The lowest BCUT2D eigenvalue weighted by Gasteiger charge is -2.32. The van der Waals surface area contributed by atoms with E-state index in [9.17, 15) is 14.9 Å². The summed E-state index contributed by atoms with van der Waals surface area (Å²) in [5.74, 6) is 0.930. The molecule has 1 aliphatic rings. The molecule has 0 bridgehead atoms. The highest BCUT2D eigenvalue weighted by molar-refractivity contribution is 5.74. The van der Waals surface area contributed by atoms with Crippen LogP contribution in [-0.4, -0.2) is 36.0 Å². The number of nitrogens with two attached hydrogens (primary N) is 1. The summed E-state index contributed by atoms with van der Waals surface area (Å²) in [6, 6.07) is 3.05. The Kier molecular flexibility index (Phi) is 4.56. The first-order valence-corrected chi connectivity index (χ1v) is 6.87. The van der Waals surface area contributed by atoms with Gasteiger partial charge in [-0.1, -0.05) is 0 Å². The van der Waals surface area contributed by atoms with Gasteiger partial charge in [-0.2, -0.15) is 0 Å². The smallest absolute Gasteiger partial charge is 0.311 e. The summed E-state index contributed by atoms with van der Waals surface area (Å²) in [5.41, 5.74) is 5.21. The molecule has 2 heterocycles. The second kappa shape index (κ2) is 6.38. The highest BCUT2D eigenvalue weighted by Gasteiger charge is 2.27. The lowest BCUT2D eigenvalue weighted by molar-refractivity contribution is -0.384. The van der Waals surface area contributed by atoms with E-state index in [0.29, 0.717) is 31.1 Å². The summed E-state index contributed by atoms with van der Waals surface area (Å²) >= 11 is 0. The molecule has 1 fully saturated rings. The van der Waals surface area contributed by atoms with Crippen molar-refractivity contribution in [3.8, 4) is 0 Å². The zero-order valence-corrected chi connectivity index (χ0v) is 11.9. The summed E-state index contributed by atoms with van der Waals surface area (Å²) < 4.78 is 0. The van der Waals surface area contributed by atoms with Crippen molar-refractivity contribution in [2.45, 2.75) is 19.3 Å². The van der Waals surface area contributed by atoms with Crippen molar-refractivity contribution in [2.75, 3.05) is 30.4 Å². The molecule has 8 heteroatoms. The molecule has 21 heavy (non-hydrogen) atoms. The Morgan fingerprint density at radius 2 is 2.19 bits per heavy atom. The lowest BCUT2D eigenvalue weighted by Crippen LogP contribution is -2.36. The molecule has 0 radical (unpaired) electrons. The highest BCUT2D eigenvalue weighted by atomic mass is 16.6. The molecule has 114 valence electrons. The standard InChI is InChI=1S/C13H19N5O3/c1-15-12-3-2-10(18(20)21)13(16-12)17-6-4-9(5-7-17)8-11(14)19/h2-3,9H,4-8H2,1H3,(H2,14,19)(H,15,16). The van der Waals surface area contributed by atoms with Crippen LogP contribution in [0.2, 0.25) is 0 Å². The summed E-state index contributed by atoms with van der Waals surface area (Å²) in [6.07, 6.45) is 1.94. The molecule has 0 aromatic carbocycles. The Morgan fingerprint density at radius 3 is 2.71 bits per heavy atom. The van der Waals surface area contributed by atoms with Crippen molar-refractivity contribution in [3.05, 3.63) is 22.2 Å². The molecule has 0 unspecified atom stereocenters. The van der Waals surface area contributed by atoms with Crippen molar-refractivity contribution in [1.82, 2.24) is 4.98 Å². The topological polar surface area (TPSA) is 114 Å². The number of primary amides is 1. The van der Waals surface area contributed by atoms with Crippen LogP contribution < -0.4 is 16.0 Å². The Labute approximate surface area is 122 Å². The van der Waals surface area contributed by atoms with Crippen molar-refractivity contribution < 1.29 is 9.72 Å². The quantitative estimate of drug-likeness (QED) is 0.621. The molecule has 0 saturated carbocycles. The number of pyridine rings is 1. The zero-order valence-electron chi connectivity index (χ0n) is 11.9. The van der Waals surface area contributed by atoms with E-state index in [0.717, 1.165) is 12.8 Å². The maximum Gasteiger partial charge on any atom is 0.311 e. The van der Waals surface area contributed by atoms with Crippen LogP contribution in [0.3, 0.4) is 0 Å². The number of hydrogen-bond donors (Lipinski definition) is 2. The summed E-state index contributed by atoms with van der Waals surface area (Å²) in [7, 11) is 1.72. The predicted molar refractivity (Wildman–Crippen MR) is 79.2 cm³/mol. The van der Waals surface area contributed by atoms with Crippen LogP contribution in [0.25, 0.3) is 0 Å². The average molecular weight is 293 g/mol. The van der Waals surface area contributed by atoms with Crippen LogP contribution in [0.5, 0.6) is 0 Å². The monoisotopic (exact) mass is 293 g/mol. The molecular weight excluding hydrogens is 274 g/mol. The molecule has 0 aliphatic carbocycles. The van der Waals surface area contributed by atoms with E-state index in [1.165, 1.54) is 6.07 Å². The number of hydrogen-bond acceptors (Lipinski definition) is 6. The summed E-state index contributed by atoms with van der Waals surface area (Å²) in [6.45, 7) is 1.28. The van der Waals surface area contributed by atoms with Gasteiger partial charge in [0.25, 0.3) is 0 Å². The van der Waals surface area contributed by atoms with Crippen LogP contribution in [0.1, 0.15) is 19.3 Å². The first-order valence-electron chi connectivity index (χ1n) is 6.87. The number of aromatic nitrogens is 1. The third kappa shape index (κ3) is 3.59. The van der Waals surface area contributed by atoms with Gasteiger partial charge in [-0.25, -0.2) is 4.98 Å². The molecule has 1 aromatic rings. The van der Waals surface area contributed by atoms with Gasteiger partial charge in [0, 0.05) is 32.6 Å². The number of rotatable bonds is 5. The first-order chi connectivity index (χ1) is 10.0. The summed E-state index contributed by atoms with van der Waals surface area (Å²) in [5, 5.41) is 14.0. The minimum Gasteiger partial charge on any atom is -0.373 e. The number of amides is 1. The van der Waals surface area contributed by atoms with Gasteiger partial charge < -0.3 is 16.0 Å². The van der Waals surface area contributed by atoms with Crippen molar-refractivity contribution in [1.29, 1.82) is 0 Å². The molecular formula is C13H19N5O3. The van der Waals surface area contributed by atoms with Crippen molar-refractivity contribution in [3.63, 3.8) is 0 Å². The molecule has 3 N–H and O–H groups in total. The number of nitrogens with one attached hydrogen (secondary N) is 1. The number of piperidine rings is 1. The van der Waals surface area contributed by atoms with Gasteiger partial charge >= 0.3 is 5.69 Å². The van der Waals surface area contributed by atoms with Crippen LogP contribution in [0.4, 0.5) is 17.3 Å². The molecule has 1 amide bonds. The zero-order chi connectivity index (χ0) is 15.4. The molecule has 0 spiro atoms. The van der Waals surface area contributed by atoms with Crippen LogP contribution in [0.15, 0.2) is 12.1 Å². The summed E-state index contributed by atoms with van der Waals surface area (Å²) in [4.78, 5) is 27.9. The molecule has 8 nitrogen and oxygen atoms in total. The Bertz CT molecular complexity index is 541. The van der Waals surface area contributed by atoms with Gasteiger partial charge in [0.15, 0.2) is 0 Å². The fourth-order valence-corrected chi connectivity index (χ4v) is 2.59. The second-order valence-electron chi connectivity index (χ2n) is 5.15. The largest absolute Gasteiger partial charge is 0.373 e. The van der Waals surface area contributed by atoms with Crippen LogP contribution in [0, 0.1) is 16.0 Å². The van der Waals surface area contributed by atoms with E-state index in [4.69, 9.17) is 5.73 Å². The third-order valence-electron chi connectivity index (χ3n) is 3.71. The van der Waals surface area contributed by atoms with Gasteiger partial charge in [-0.15, -0.1) is 0 Å². The maximum absolute atomic E-state index is 11.1. The Balaban J connectivity index is 2.15. The van der Waals surface area contributed by atoms with Gasteiger partial charge in [0.2, 0.25) is 11.7 Å². The number of nitrogens with zero attached hydrogens (tertiary/aromatic N) is 3. The van der Waals surface area contributed by atoms with Gasteiger partial charge in [0.05, 0.1) is 4.92 Å². The van der Waals surface area contributed by atoms with Gasteiger partial charge in [-0.3, -0.25) is 14.9 Å². The Morgan fingerprint density at radius 1 is 1.52 bits per heavy atom. The molecule has 1 aromatic heterocycles. The molecule has 1 aliphatic heterocycles. The number of anilines is 2. The Hall–Kier alpha value is -2.38.